The Morgan fingerprint density at radius 1 is 0.783 bits per heavy atom. The summed E-state index contributed by atoms with van der Waals surface area (Å²) >= 11 is 0. The normalized spacial score (nSPS) is 11.5. The number of rotatable bonds is 4. The van der Waals surface area contributed by atoms with Crippen molar-refractivity contribution in [3.63, 3.8) is 0 Å². The number of hydrogen-bond donors (Lipinski definition) is 0. The highest BCUT2D eigenvalue weighted by Gasteiger charge is 2.12. The predicted octanol–water partition coefficient (Wildman–Crippen LogP) is 4.27. The highest BCUT2D eigenvalue weighted by molar-refractivity contribution is 4.97. The van der Waals surface area contributed by atoms with E-state index in [4.69, 9.17) is 0 Å². The first-order chi connectivity index (χ1) is 10.6. The molecule has 0 aromatic carbocycles. The molecule has 2 heterocycles. The van der Waals surface area contributed by atoms with E-state index in [-0.39, 0.29) is 0 Å². The van der Waals surface area contributed by atoms with Crippen molar-refractivity contribution in [1.29, 1.82) is 0 Å². The van der Waals surface area contributed by atoms with E-state index < -0.39 is 0 Å². The van der Waals surface area contributed by atoms with Crippen LogP contribution in [0.25, 0.3) is 0 Å². The van der Waals surface area contributed by atoms with Gasteiger partial charge < -0.3 is 0 Å². The molecule has 0 atom stereocenters. The van der Waals surface area contributed by atoms with Crippen LogP contribution < -0.4 is 0 Å². The molecule has 0 saturated heterocycles. The molecule has 0 N–H and O–H groups in total. The smallest absolute Gasteiger partial charge is 0.147 e. The van der Waals surface area contributed by atoms with Gasteiger partial charge in [-0.1, -0.05) is 27.7 Å². The molecule has 2 rings (SSSR count). The van der Waals surface area contributed by atoms with Gasteiger partial charge in [0.2, 0.25) is 0 Å². The van der Waals surface area contributed by atoms with Gasteiger partial charge in [0.05, 0.1) is 0 Å². The molecule has 0 unspecified atom stereocenters. The van der Waals surface area contributed by atoms with Crippen molar-refractivity contribution in [2.45, 2.75) is 86.2 Å². The fourth-order valence-electron chi connectivity index (χ4n) is 2.29. The van der Waals surface area contributed by atoms with E-state index in [9.17, 15) is 0 Å². The lowest BCUT2D eigenvalue weighted by Gasteiger charge is -2.10. The monoisotopic (exact) mass is 320 g/mol. The molecule has 0 bridgehead atoms. The van der Waals surface area contributed by atoms with Crippen LogP contribution in [0.5, 0.6) is 0 Å². The van der Waals surface area contributed by atoms with Crippen molar-refractivity contribution >= 4 is 0 Å². The van der Waals surface area contributed by atoms with Gasteiger partial charge in [0.15, 0.2) is 0 Å². The fraction of sp³-hybridized carbons (Fsp3) is 0.765. The topological polar surface area (TPSA) is 61.4 Å². The molecule has 23 heavy (non-hydrogen) atoms. The fourth-order valence-corrected chi connectivity index (χ4v) is 2.29. The second-order valence-electron chi connectivity index (χ2n) is 7.02. The van der Waals surface area contributed by atoms with Crippen molar-refractivity contribution in [1.82, 2.24) is 29.5 Å². The third-order valence-corrected chi connectivity index (χ3v) is 3.38. The molecular formula is C17H32N6. The van der Waals surface area contributed by atoms with E-state index in [1.807, 2.05) is 16.3 Å². The lowest BCUT2D eigenvalue weighted by atomic mass is 10.2. The average molecular weight is 320 g/mol. The summed E-state index contributed by atoms with van der Waals surface area (Å²) in [7, 11) is 0. The quantitative estimate of drug-likeness (QED) is 0.844. The standard InChI is InChI=1S/C9H17N3.C8H15N3/c1-6(2)9-10-8(5)11-12(9)7(3)4;1-6(2)8-9-5-10-11(8)7(3)4/h6-7H,1-5H3;5-7H,1-4H3. The maximum absolute atomic E-state index is 4.38. The van der Waals surface area contributed by atoms with Crippen LogP contribution in [-0.2, 0) is 0 Å². The van der Waals surface area contributed by atoms with Crippen LogP contribution in [0.1, 0.15) is 96.8 Å². The number of aromatic nitrogens is 6. The van der Waals surface area contributed by atoms with Crippen LogP contribution in [-0.4, -0.2) is 29.5 Å². The first kappa shape index (κ1) is 19.3. The van der Waals surface area contributed by atoms with Crippen LogP contribution in [0.4, 0.5) is 0 Å². The third-order valence-electron chi connectivity index (χ3n) is 3.38. The van der Waals surface area contributed by atoms with Crippen molar-refractivity contribution in [3.05, 3.63) is 23.8 Å². The molecule has 0 aliphatic heterocycles. The summed E-state index contributed by atoms with van der Waals surface area (Å²) in [5.74, 6) is 3.93. The molecule has 0 radical (unpaired) electrons. The number of hydrogen-bond acceptors (Lipinski definition) is 4. The molecule has 0 aliphatic carbocycles. The summed E-state index contributed by atoms with van der Waals surface area (Å²) < 4.78 is 3.96. The number of nitrogens with zero attached hydrogens (tertiary/aromatic N) is 6. The Labute approximate surface area is 140 Å². The van der Waals surface area contributed by atoms with Gasteiger partial charge in [-0.05, 0) is 34.6 Å². The van der Waals surface area contributed by atoms with Gasteiger partial charge in [0.1, 0.15) is 23.8 Å². The highest BCUT2D eigenvalue weighted by Crippen LogP contribution is 2.16. The van der Waals surface area contributed by atoms with E-state index in [2.05, 4.69) is 75.6 Å². The molecule has 130 valence electrons. The summed E-state index contributed by atoms with van der Waals surface area (Å²) in [5, 5.41) is 8.48. The van der Waals surface area contributed by atoms with Crippen molar-refractivity contribution in [3.8, 4) is 0 Å². The molecular weight excluding hydrogens is 288 g/mol. The SMILES string of the molecule is CC(C)c1ncnn1C(C)C.Cc1nc(C(C)C)n(C(C)C)n1. The van der Waals surface area contributed by atoms with Crippen LogP contribution in [0.15, 0.2) is 6.33 Å². The van der Waals surface area contributed by atoms with Crippen LogP contribution in [0.3, 0.4) is 0 Å². The number of aryl methyl sites for hydroxylation is 1. The largest absolute Gasteiger partial charge is 0.247 e. The summed E-state index contributed by atoms with van der Waals surface area (Å²) in [5.41, 5.74) is 0. The van der Waals surface area contributed by atoms with Crippen molar-refractivity contribution in [2.75, 3.05) is 0 Å². The van der Waals surface area contributed by atoms with Crippen LogP contribution >= 0.6 is 0 Å². The molecule has 0 aliphatic rings. The van der Waals surface area contributed by atoms with Gasteiger partial charge in [-0.15, -0.1) is 0 Å². The molecule has 0 fully saturated rings. The molecule has 0 amide bonds. The summed E-state index contributed by atoms with van der Waals surface area (Å²) in [4.78, 5) is 8.57. The molecule has 6 heteroatoms. The molecule has 2 aromatic rings. The van der Waals surface area contributed by atoms with E-state index >= 15 is 0 Å². The van der Waals surface area contributed by atoms with Crippen molar-refractivity contribution in [2.24, 2.45) is 0 Å². The van der Waals surface area contributed by atoms with E-state index in [0.717, 1.165) is 17.5 Å². The molecule has 0 spiro atoms. The van der Waals surface area contributed by atoms with Crippen molar-refractivity contribution < 1.29 is 0 Å². The minimum absolute atomic E-state index is 0.406. The Morgan fingerprint density at radius 2 is 1.30 bits per heavy atom. The van der Waals surface area contributed by atoms with Crippen LogP contribution in [0, 0.1) is 6.92 Å². The van der Waals surface area contributed by atoms with Crippen LogP contribution in [0.2, 0.25) is 0 Å². The van der Waals surface area contributed by atoms with E-state index in [0.29, 0.717) is 23.9 Å². The third kappa shape index (κ3) is 5.15. The second-order valence-corrected chi connectivity index (χ2v) is 7.02. The zero-order chi connectivity index (χ0) is 17.7. The van der Waals surface area contributed by atoms with E-state index in [1.165, 1.54) is 0 Å². The molecule has 2 aromatic heterocycles. The van der Waals surface area contributed by atoms with Gasteiger partial charge in [-0.25, -0.2) is 19.3 Å². The Hall–Kier alpha value is -1.72. The van der Waals surface area contributed by atoms with Gasteiger partial charge in [-0.3, -0.25) is 0 Å². The first-order valence-electron chi connectivity index (χ1n) is 8.47. The lowest BCUT2D eigenvalue weighted by molar-refractivity contribution is 0.491. The summed E-state index contributed by atoms with van der Waals surface area (Å²) in [6, 6.07) is 0.818. The Kier molecular flexibility index (Phi) is 6.91. The first-order valence-corrected chi connectivity index (χ1v) is 8.47. The maximum Gasteiger partial charge on any atom is 0.147 e. The average Bonchev–Trinajstić information content (AvgIpc) is 3.05. The maximum atomic E-state index is 4.38. The summed E-state index contributed by atoms with van der Waals surface area (Å²) in [6.45, 7) is 18.9. The second kappa shape index (κ2) is 8.22. The Bertz CT molecular complexity index is 544. The molecule has 0 saturated carbocycles. The minimum atomic E-state index is 0.406. The summed E-state index contributed by atoms with van der Waals surface area (Å²) in [6.07, 6.45) is 1.62. The van der Waals surface area contributed by atoms with Gasteiger partial charge in [-0.2, -0.15) is 10.2 Å². The van der Waals surface area contributed by atoms with Gasteiger partial charge in [0.25, 0.3) is 0 Å². The highest BCUT2D eigenvalue weighted by atomic mass is 15.4. The minimum Gasteiger partial charge on any atom is -0.247 e. The zero-order valence-corrected chi connectivity index (χ0v) is 16.1. The van der Waals surface area contributed by atoms with E-state index in [1.54, 1.807) is 6.33 Å². The Morgan fingerprint density at radius 3 is 1.65 bits per heavy atom. The van der Waals surface area contributed by atoms with Gasteiger partial charge >= 0.3 is 0 Å². The lowest BCUT2D eigenvalue weighted by Crippen LogP contribution is -2.09. The Balaban J connectivity index is 0.000000231. The predicted molar refractivity (Wildman–Crippen MR) is 93.7 cm³/mol. The molecule has 6 nitrogen and oxygen atoms in total. The zero-order valence-electron chi connectivity index (χ0n) is 16.1. The van der Waals surface area contributed by atoms with Gasteiger partial charge in [0, 0.05) is 23.9 Å².